The Morgan fingerprint density at radius 2 is 2.08 bits per heavy atom. The SMILES string of the molecule is Cc1cc2ccc(Cl)cc2oc1=O. The van der Waals surface area contributed by atoms with Gasteiger partial charge in [0.05, 0.1) is 0 Å². The third kappa shape index (κ3) is 1.45. The molecule has 13 heavy (non-hydrogen) atoms. The van der Waals surface area contributed by atoms with Crippen molar-refractivity contribution < 1.29 is 4.42 Å². The van der Waals surface area contributed by atoms with E-state index in [0.29, 0.717) is 16.2 Å². The van der Waals surface area contributed by atoms with Crippen LogP contribution in [-0.4, -0.2) is 0 Å². The van der Waals surface area contributed by atoms with Crippen molar-refractivity contribution in [1.82, 2.24) is 0 Å². The fourth-order valence-electron chi connectivity index (χ4n) is 1.19. The molecule has 0 radical (unpaired) electrons. The minimum Gasteiger partial charge on any atom is -0.422 e. The summed E-state index contributed by atoms with van der Waals surface area (Å²) in [5.74, 6) is 0. The molecule has 2 aromatic rings. The Bertz CT molecular complexity index is 514. The number of fused-ring (bicyclic) bond motifs is 1. The Labute approximate surface area is 79.7 Å². The highest BCUT2D eigenvalue weighted by atomic mass is 35.5. The van der Waals surface area contributed by atoms with Crippen LogP contribution in [0.15, 0.2) is 33.5 Å². The number of aryl methyl sites for hydroxylation is 1. The number of hydrogen-bond acceptors (Lipinski definition) is 2. The van der Waals surface area contributed by atoms with E-state index in [-0.39, 0.29) is 5.63 Å². The number of halogens is 1. The summed E-state index contributed by atoms with van der Waals surface area (Å²) in [6.45, 7) is 1.72. The Morgan fingerprint density at radius 1 is 1.31 bits per heavy atom. The maximum atomic E-state index is 11.1. The van der Waals surface area contributed by atoms with Gasteiger partial charge in [0, 0.05) is 22.0 Å². The van der Waals surface area contributed by atoms with Crippen LogP contribution < -0.4 is 5.63 Å². The van der Waals surface area contributed by atoms with Crippen molar-refractivity contribution in [3.8, 4) is 0 Å². The van der Waals surface area contributed by atoms with Gasteiger partial charge in [-0.2, -0.15) is 0 Å². The molecule has 0 aliphatic carbocycles. The molecule has 0 fully saturated rings. The zero-order valence-electron chi connectivity index (χ0n) is 7.00. The first-order chi connectivity index (χ1) is 6.16. The first kappa shape index (κ1) is 8.32. The first-order valence-electron chi connectivity index (χ1n) is 3.87. The molecule has 2 rings (SSSR count). The zero-order valence-corrected chi connectivity index (χ0v) is 7.76. The summed E-state index contributed by atoms with van der Waals surface area (Å²) >= 11 is 5.75. The predicted molar refractivity (Wildman–Crippen MR) is 52.2 cm³/mol. The highest BCUT2D eigenvalue weighted by molar-refractivity contribution is 6.31. The summed E-state index contributed by atoms with van der Waals surface area (Å²) in [7, 11) is 0. The summed E-state index contributed by atoms with van der Waals surface area (Å²) in [5.41, 5.74) is 0.827. The van der Waals surface area contributed by atoms with Gasteiger partial charge in [0.15, 0.2) is 0 Å². The molecular weight excluding hydrogens is 188 g/mol. The highest BCUT2D eigenvalue weighted by Crippen LogP contribution is 2.18. The van der Waals surface area contributed by atoms with Crippen molar-refractivity contribution in [2.24, 2.45) is 0 Å². The smallest absolute Gasteiger partial charge is 0.339 e. The lowest BCUT2D eigenvalue weighted by Gasteiger charge is -1.97. The molecule has 1 heterocycles. The van der Waals surface area contributed by atoms with Gasteiger partial charge in [0.25, 0.3) is 0 Å². The quantitative estimate of drug-likeness (QED) is 0.604. The minimum atomic E-state index is -0.310. The van der Waals surface area contributed by atoms with Crippen LogP contribution in [0.5, 0.6) is 0 Å². The van der Waals surface area contributed by atoms with E-state index in [2.05, 4.69) is 0 Å². The van der Waals surface area contributed by atoms with Crippen LogP contribution in [0, 0.1) is 6.92 Å². The van der Waals surface area contributed by atoms with Crippen LogP contribution in [0.4, 0.5) is 0 Å². The normalized spacial score (nSPS) is 10.6. The topological polar surface area (TPSA) is 30.2 Å². The van der Waals surface area contributed by atoms with Gasteiger partial charge in [0.1, 0.15) is 5.58 Å². The number of rotatable bonds is 0. The fraction of sp³-hybridized carbons (Fsp3) is 0.100. The van der Waals surface area contributed by atoms with Crippen molar-refractivity contribution >= 4 is 22.6 Å². The van der Waals surface area contributed by atoms with E-state index >= 15 is 0 Å². The Kier molecular flexibility index (Phi) is 1.85. The predicted octanol–water partition coefficient (Wildman–Crippen LogP) is 2.75. The molecule has 1 aromatic heterocycles. The molecule has 0 aliphatic rings. The molecule has 0 saturated carbocycles. The van der Waals surface area contributed by atoms with E-state index in [1.54, 1.807) is 25.1 Å². The van der Waals surface area contributed by atoms with Crippen LogP contribution in [-0.2, 0) is 0 Å². The minimum absolute atomic E-state index is 0.310. The van der Waals surface area contributed by atoms with Gasteiger partial charge in [0.2, 0.25) is 0 Å². The van der Waals surface area contributed by atoms with Gasteiger partial charge in [-0.25, -0.2) is 4.79 Å². The van der Waals surface area contributed by atoms with Gasteiger partial charge in [-0.05, 0) is 25.1 Å². The molecule has 0 atom stereocenters. The molecular formula is C10H7ClO2. The van der Waals surface area contributed by atoms with E-state index in [4.69, 9.17) is 16.0 Å². The van der Waals surface area contributed by atoms with E-state index in [1.807, 2.05) is 6.07 Å². The van der Waals surface area contributed by atoms with E-state index < -0.39 is 0 Å². The molecule has 3 heteroatoms. The zero-order chi connectivity index (χ0) is 9.42. The third-order valence-corrected chi connectivity index (χ3v) is 2.11. The molecule has 0 spiro atoms. The van der Waals surface area contributed by atoms with Gasteiger partial charge in [-0.15, -0.1) is 0 Å². The van der Waals surface area contributed by atoms with Gasteiger partial charge in [-0.1, -0.05) is 11.6 Å². The summed E-state index contributed by atoms with van der Waals surface area (Å²) in [5, 5.41) is 1.46. The third-order valence-electron chi connectivity index (χ3n) is 1.87. The van der Waals surface area contributed by atoms with Crippen molar-refractivity contribution in [2.75, 3.05) is 0 Å². The molecule has 0 aliphatic heterocycles. The van der Waals surface area contributed by atoms with Gasteiger partial charge >= 0.3 is 5.63 Å². The monoisotopic (exact) mass is 194 g/mol. The number of hydrogen-bond donors (Lipinski definition) is 0. The molecule has 0 saturated heterocycles. The van der Waals surface area contributed by atoms with Crippen molar-refractivity contribution in [3.05, 3.63) is 45.3 Å². The van der Waals surface area contributed by atoms with Crippen molar-refractivity contribution in [3.63, 3.8) is 0 Å². The highest BCUT2D eigenvalue weighted by Gasteiger charge is 2.00. The van der Waals surface area contributed by atoms with Crippen molar-refractivity contribution in [1.29, 1.82) is 0 Å². The Hall–Kier alpha value is -1.28. The lowest BCUT2D eigenvalue weighted by Crippen LogP contribution is -2.01. The van der Waals surface area contributed by atoms with Crippen LogP contribution in [0.3, 0.4) is 0 Å². The van der Waals surface area contributed by atoms with Crippen molar-refractivity contribution in [2.45, 2.75) is 6.92 Å². The average Bonchev–Trinajstić information content (AvgIpc) is 2.08. The second kappa shape index (κ2) is 2.89. The first-order valence-corrected chi connectivity index (χ1v) is 4.24. The summed E-state index contributed by atoms with van der Waals surface area (Å²) < 4.78 is 5.03. The number of benzene rings is 1. The van der Waals surface area contributed by atoms with E-state index in [9.17, 15) is 4.79 Å². The molecule has 0 unspecified atom stereocenters. The fourth-order valence-corrected chi connectivity index (χ4v) is 1.35. The standard InChI is InChI=1S/C10H7ClO2/c1-6-4-7-2-3-8(11)5-9(7)13-10(6)12/h2-5H,1H3. The molecule has 0 N–H and O–H groups in total. The lowest BCUT2D eigenvalue weighted by atomic mass is 10.2. The Balaban J connectivity index is 2.89. The van der Waals surface area contributed by atoms with Crippen LogP contribution in [0.25, 0.3) is 11.0 Å². The molecule has 2 nitrogen and oxygen atoms in total. The van der Waals surface area contributed by atoms with Crippen LogP contribution in [0.2, 0.25) is 5.02 Å². The second-order valence-electron chi connectivity index (χ2n) is 2.90. The summed E-state index contributed by atoms with van der Waals surface area (Å²) in [4.78, 5) is 11.1. The second-order valence-corrected chi connectivity index (χ2v) is 3.34. The van der Waals surface area contributed by atoms with Crippen LogP contribution in [0.1, 0.15) is 5.56 Å². The molecule has 0 bridgehead atoms. The van der Waals surface area contributed by atoms with Gasteiger partial charge < -0.3 is 4.42 Å². The largest absolute Gasteiger partial charge is 0.422 e. The van der Waals surface area contributed by atoms with Crippen LogP contribution >= 0.6 is 11.6 Å². The summed E-state index contributed by atoms with van der Waals surface area (Å²) in [6, 6.07) is 7.02. The van der Waals surface area contributed by atoms with Gasteiger partial charge in [-0.3, -0.25) is 0 Å². The Morgan fingerprint density at radius 3 is 2.85 bits per heavy atom. The maximum Gasteiger partial charge on any atom is 0.339 e. The molecule has 66 valence electrons. The summed E-state index contributed by atoms with van der Waals surface area (Å²) in [6.07, 6.45) is 0. The molecule has 0 amide bonds. The molecule has 1 aromatic carbocycles. The van der Waals surface area contributed by atoms with E-state index in [1.165, 1.54) is 0 Å². The van der Waals surface area contributed by atoms with E-state index in [0.717, 1.165) is 5.39 Å². The maximum absolute atomic E-state index is 11.1. The average molecular weight is 195 g/mol. The lowest BCUT2D eigenvalue weighted by molar-refractivity contribution is 0.555.